The lowest BCUT2D eigenvalue weighted by Crippen LogP contribution is -2.43. The zero-order valence-electron chi connectivity index (χ0n) is 11.9. The van der Waals surface area contributed by atoms with Crippen molar-refractivity contribution in [3.05, 3.63) is 35.9 Å². The van der Waals surface area contributed by atoms with Gasteiger partial charge in [-0.3, -0.25) is 0 Å². The fourth-order valence-electron chi connectivity index (χ4n) is 2.10. The SMILES string of the molecule is CCC(C)[C@H]1C(=O)OC(=O)N1C(=O)OCc1ccccc1. The van der Waals surface area contributed by atoms with Gasteiger partial charge in [-0.25, -0.2) is 14.4 Å². The Morgan fingerprint density at radius 2 is 2.00 bits per heavy atom. The number of hydrogen-bond donors (Lipinski definition) is 0. The highest BCUT2D eigenvalue weighted by atomic mass is 16.6. The maximum absolute atomic E-state index is 12.1. The topological polar surface area (TPSA) is 72.9 Å². The summed E-state index contributed by atoms with van der Waals surface area (Å²) in [5.74, 6) is -0.890. The van der Waals surface area contributed by atoms with Crippen molar-refractivity contribution < 1.29 is 23.9 Å². The maximum atomic E-state index is 12.1. The van der Waals surface area contributed by atoms with Crippen LogP contribution in [0.3, 0.4) is 0 Å². The van der Waals surface area contributed by atoms with E-state index < -0.39 is 24.2 Å². The van der Waals surface area contributed by atoms with Gasteiger partial charge in [0.1, 0.15) is 12.6 Å². The minimum absolute atomic E-state index is 0.0326. The molecule has 1 fully saturated rings. The van der Waals surface area contributed by atoms with Crippen molar-refractivity contribution in [2.45, 2.75) is 32.9 Å². The second kappa shape index (κ2) is 6.39. The second-order valence-electron chi connectivity index (χ2n) is 4.93. The average molecular weight is 291 g/mol. The van der Waals surface area contributed by atoms with Gasteiger partial charge in [-0.2, -0.15) is 4.90 Å². The fraction of sp³-hybridized carbons (Fsp3) is 0.400. The zero-order chi connectivity index (χ0) is 15.4. The molecule has 1 aromatic carbocycles. The lowest BCUT2D eigenvalue weighted by atomic mass is 9.99. The molecular weight excluding hydrogens is 274 g/mol. The number of ether oxygens (including phenoxy) is 2. The van der Waals surface area contributed by atoms with Crippen LogP contribution in [0.15, 0.2) is 30.3 Å². The molecule has 0 aromatic heterocycles. The molecule has 0 saturated carbocycles. The van der Waals surface area contributed by atoms with Gasteiger partial charge >= 0.3 is 18.2 Å². The summed E-state index contributed by atoms with van der Waals surface area (Å²) >= 11 is 0. The van der Waals surface area contributed by atoms with Crippen LogP contribution in [0.1, 0.15) is 25.8 Å². The third kappa shape index (κ3) is 3.21. The molecule has 1 saturated heterocycles. The predicted octanol–water partition coefficient (Wildman–Crippen LogP) is 2.72. The molecule has 0 radical (unpaired) electrons. The van der Waals surface area contributed by atoms with Crippen LogP contribution < -0.4 is 0 Å². The summed E-state index contributed by atoms with van der Waals surface area (Å²) < 4.78 is 9.62. The largest absolute Gasteiger partial charge is 0.444 e. The van der Waals surface area contributed by atoms with Crippen molar-refractivity contribution in [3.63, 3.8) is 0 Å². The van der Waals surface area contributed by atoms with Crippen LogP contribution in [0.5, 0.6) is 0 Å². The molecule has 6 heteroatoms. The Hall–Kier alpha value is -2.37. The standard InChI is InChI=1S/C15H17NO5/c1-3-10(2)12-13(17)21-15(19)16(12)14(18)20-9-11-7-5-4-6-8-11/h4-8,10,12H,3,9H2,1-2H3/t10?,12-/m0/s1. The first-order valence-electron chi connectivity index (χ1n) is 6.80. The fourth-order valence-corrected chi connectivity index (χ4v) is 2.10. The van der Waals surface area contributed by atoms with Crippen molar-refractivity contribution in [2.75, 3.05) is 0 Å². The molecule has 1 heterocycles. The Labute approximate surface area is 122 Å². The number of imide groups is 1. The van der Waals surface area contributed by atoms with Gasteiger partial charge in [0, 0.05) is 0 Å². The molecule has 0 bridgehead atoms. The van der Waals surface area contributed by atoms with Crippen LogP contribution >= 0.6 is 0 Å². The quantitative estimate of drug-likeness (QED) is 0.630. The molecular formula is C15H17NO5. The third-order valence-corrected chi connectivity index (χ3v) is 3.49. The van der Waals surface area contributed by atoms with Crippen LogP contribution in [-0.2, 0) is 20.9 Å². The van der Waals surface area contributed by atoms with Crippen LogP contribution in [-0.4, -0.2) is 29.1 Å². The number of benzene rings is 1. The molecule has 112 valence electrons. The Kier molecular flexibility index (Phi) is 4.57. The molecule has 6 nitrogen and oxygen atoms in total. The number of cyclic esters (lactones) is 2. The van der Waals surface area contributed by atoms with E-state index in [1.165, 1.54) is 0 Å². The number of carbonyl (C=O) groups is 3. The smallest absolute Gasteiger partial charge is 0.427 e. The molecule has 2 atom stereocenters. The van der Waals surface area contributed by atoms with E-state index in [0.717, 1.165) is 10.5 Å². The molecule has 1 aromatic rings. The Balaban J connectivity index is 2.05. The summed E-state index contributed by atoms with van der Waals surface area (Å²) in [5, 5.41) is 0. The Morgan fingerprint density at radius 3 is 2.62 bits per heavy atom. The second-order valence-corrected chi connectivity index (χ2v) is 4.93. The number of esters is 1. The van der Waals surface area contributed by atoms with Crippen molar-refractivity contribution in [3.8, 4) is 0 Å². The molecule has 2 amide bonds. The van der Waals surface area contributed by atoms with Crippen LogP contribution in [0.25, 0.3) is 0 Å². The van der Waals surface area contributed by atoms with E-state index in [9.17, 15) is 14.4 Å². The minimum atomic E-state index is -0.969. The Bertz CT molecular complexity index is 542. The number of amides is 2. The lowest BCUT2D eigenvalue weighted by molar-refractivity contribution is -0.137. The van der Waals surface area contributed by atoms with Gasteiger partial charge in [-0.1, -0.05) is 50.6 Å². The Morgan fingerprint density at radius 1 is 1.33 bits per heavy atom. The van der Waals surface area contributed by atoms with Gasteiger partial charge in [0.25, 0.3) is 0 Å². The lowest BCUT2D eigenvalue weighted by Gasteiger charge is -2.21. The van der Waals surface area contributed by atoms with Crippen molar-refractivity contribution in [1.29, 1.82) is 0 Å². The summed E-state index contributed by atoms with van der Waals surface area (Å²) in [6.45, 7) is 3.68. The van der Waals surface area contributed by atoms with E-state index in [1.807, 2.05) is 25.1 Å². The highest BCUT2D eigenvalue weighted by molar-refractivity contribution is 6.03. The molecule has 0 spiro atoms. The van der Waals surface area contributed by atoms with Crippen molar-refractivity contribution in [1.82, 2.24) is 4.90 Å². The summed E-state index contributed by atoms with van der Waals surface area (Å²) in [4.78, 5) is 36.2. The molecule has 21 heavy (non-hydrogen) atoms. The third-order valence-electron chi connectivity index (χ3n) is 3.49. The highest BCUT2D eigenvalue weighted by Crippen LogP contribution is 2.24. The summed E-state index contributed by atoms with van der Waals surface area (Å²) in [5.41, 5.74) is 0.796. The minimum Gasteiger partial charge on any atom is -0.444 e. The molecule has 1 aliphatic rings. The van der Waals surface area contributed by atoms with E-state index in [0.29, 0.717) is 6.42 Å². The summed E-state index contributed by atoms with van der Waals surface area (Å²) in [7, 11) is 0. The van der Waals surface area contributed by atoms with Crippen LogP contribution in [0, 0.1) is 5.92 Å². The number of carbonyl (C=O) groups excluding carboxylic acids is 3. The highest BCUT2D eigenvalue weighted by Gasteiger charge is 2.48. The molecule has 1 unspecified atom stereocenters. The van der Waals surface area contributed by atoms with Gasteiger partial charge in [0.15, 0.2) is 0 Å². The van der Waals surface area contributed by atoms with Gasteiger partial charge in [-0.15, -0.1) is 0 Å². The monoisotopic (exact) mass is 291 g/mol. The first-order chi connectivity index (χ1) is 10.0. The normalized spacial score (nSPS) is 19.3. The average Bonchev–Trinajstić information content (AvgIpc) is 2.79. The molecule has 1 aliphatic heterocycles. The molecule has 2 rings (SSSR count). The van der Waals surface area contributed by atoms with Crippen LogP contribution in [0.2, 0.25) is 0 Å². The molecule has 0 N–H and O–H groups in total. The van der Waals surface area contributed by atoms with E-state index in [1.54, 1.807) is 19.1 Å². The van der Waals surface area contributed by atoms with E-state index >= 15 is 0 Å². The number of rotatable bonds is 4. The number of hydrogen-bond acceptors (Lipinski definition) is 5. The predicted molar refractivity (Wildman–Crippen MR) is 73.2 cm³/mol. The van der Waals surface area contributed by atoms with Gasteiger partial charge in [-0.05, 0) is 11.5 Å². The maximum Gasteiger partial charge on any atom is 0.427 e. The molecule has 0 aliphatic carbocycles. The summed E-state index contributed by atoms with van der Waals surface area (Å²) in [6.07, 6.45) is -1.20. The zero-order valence-corrected chi connectivity index (χ0v) is 11.9. The number of nitrogens with zero attached hydrogens (tertiary/aromatic N) is 1. The van der Waals surface area contributed by atoms with Crippen molar-refractivity contribution in [2.24, 2.45) is 5.92 Å². The van der Waals surface area contributed by atoms with Gasteiger partial charge in [0.05, 0.1) is 0 Å². The first-order valence-corrected chi connectivity index (χ1v) is 6.80. The van der Waals surface area contributed by atoms with Crippen LogP contribution in [0.4, 0.5) is 9.59 Å². The van der Waals surface area contributed by atoms with E-state index in [4.69, 9.17) is 4.74 Å². The first kappa shape index (κ1) is 15.0. The summed E-state index contributed by atoms with van der Waals surface area (Å²) in [6, 6.07) is 8.17. The van der Waals surface area contributed by atoms with Crippen molar-refractivity contribution >= 4 is 18.2 Å². The van der Waals surface area contributed by atoms with Gasteiger partial charge < -0.3 is 9.47 Å². The van der Waals surface area contributed by atoms with E-state index in [2.05, 4.69) is 4.74 Å². The van der Waals surface area contributed by atoms with Gasteiger partial charge in [0.2, 0.25) is 0 Å². The van der Waals surface area contributed by atoms with E-state index in [-0.39, 0.29) is 12.5 Å².